The van der Waals surface area contributed by atoms with Crippen LogP contribution in [0.2, 0.25) is 5.02 Å². The highest BCUT2D eigenvalue weighted by Gasteiger charge is 2.37. The monoisotopic (exact) mass is 284 g/mol. The van der Waals surface area contributed by atoms with E-state index >= 15 is 0 Å². The lowest BCUT2D eigenvalue weighted by molar-refractivity contribution is -0.138. The molecular weight excluding hydrogens is 276 g/mol. The molecule has 1 aromatic carbocycles. The summed E-state index contributed by atoms with van der Waals surface area (Å²) in [4.78, 5) is 10.6. The summed E-state index contributed by atoms with van der Waals surface area (Å²) >= 11 is 5.40. The summed E-state index contributed by atoms with van der Waals surface area (Å²) in [7, 11) is 0. The van der Waals surface area contributed by atoms with Crippen molar-refractivity contribution in [3.05, 3.63) is 34.1 Å². The van der Waals surface area contributed by atoms with Gasteiger partial charge in [0.15, 0.2) is 0 Å². The van der Waals surface area contributed by atoms with Crippen LogP contribution in [0.3, 0.4) is 0 Å². The van der Waals surface area contributed by atoms with Crippen LogP contribution in [-0.4, -0.2) is 5.91 Å². The van der Waals surface area contributed by atoms with E-state index in [1.54, 1.807) is 0 Å². The van der Waals surface area contributed by atoms with Crippen molar-refractivity contribution >= 4 is 17.5 Å². The lowest BCUT2D eigenvalue weighted by Crippen LogP contribution is -2.24. The van der Waals surface area contributed by atoms with Crippen molar-refractivity contribution in [2.75, 3.05) is 0 Å². The SMILES string of the molecule is NC(=O)CC(N)c1c(C(F)(F)F)ccc(Cl)c1F. The molecule has 100 valence electrons. The third-order valence-corrected chi connectivity index (χ3v) is 2.52. The summed E-state index contributed by atoms with van der Waals surface area (Å²) in [6.45, 7) is 0. The standard InChI is InChI=1S/C10H9ClF4N2O/c11-5-2-1-4(10(13,14)15)8(9(5)12)6(16)3-7(17)18/h1-2,6H,3,16H2,(H2,17,18). The van der Waals surface area contributed by atoms with Crippen LogP contribution in [0.1, 0.15) is 23.6 Å². The average Bonchev–Trinajstić information content (AvgIpc) is 2.18. The number of rotatable bonds is 3. The molecule has 3 nitrogen and oxygen atoms in total. The zero-order valence-electron chi connectivity index (χ0n) is 8.89. The molecule has 8 heteroatoms. The number of carbonyl (C=O) groups is 1. The van der Waals surface area contributed by atoms with Gasteiger partial charge in [-0.15, -0.1) is 0 Å². The van der Waals surface area contributed by atoms with Gasteiger partial charge in [0.1, 0.15) is 5.82 Å². The second kappa shape index (κ2) is 5.11. The summed E-state index contributed by atoms with van der Waals surface area (Å²) in [5.41, 5.74) is 8.07. The Morgan fingerprint density at radius 2 is 1.94 bits per heavy atom. The molecular formula is C10H9ClF4N2O. The quantitative estimate of drug-likeness (QED) is 0.837. The molecule has 1 aromatic rings. The fraction of sp³-hybridized carbons (Fsp3) is 0.300. The molecule has 18 heavy (non-hydrogen) atoms. The summed E-state index contributed by atoms with van der Waals surface area (Å²) in [6, 6.07) is -0.111. The number of hydrogen-bond acceptors (Lipinski definition) is 2. The minimum absolute atomic E-state index is 0.502. The summed E-state index contributed by atoms with van der Waals surface area (Å²) in [5.74, 6) is -2.23. The van der Waals surface area contributed by atoms with Crippen molar-refractivity contribution in [2.45, 2.75) is 18.6 Å². The van der Waals surface area contributed by atoms with E-state index in [0.29, 0.717) is 6.07 Å². The number of carbonyl (C=O) groups excluding carboxylic acids is 1. The van der Waals surface area contributed by atoms with E-state index in [1.165, 1.54) is 0 Å². The number of nitrogens with two attached hydrogens (primary N) is 2. The van der Waals surface area contributed by atoms with Crippen LogP contribution in [-0.2, 0) is 11.0 Å². The fourth-order valence-corrected chi connectivity index (χ4v) is 1.66. The lowest BCUT2D eigenvalue weighted by atomic mass is 9.97. The van der Waals surface area contributed by atoms with Gasteiger partial charge >= 0.3 is 6.18 Å². The van der Waals surface area contributed by atoms with Crippen molar-refractivity contribution in [1.82, 2.24) is 0 Å². The third-order valence-electron chi connectivity index (χ3n) is 2.23. The van der Waals surface area contributed by atoms with Gasteiger partial charge in [-0.25, -0.2) is 4.39 Å². The molecule has 0 aliphatic rings. The number of alkyl halides is 3. The molecule has 4 N–H and O–H groups in total. The molecule has 0 saturated heterocycles. The van der Waals surface area contributed by atoms with Gasteiger partial charge in [-0.05, 0) is 12.1 Å². The van der Waals surface area contributed by atoms with Crippen LogP contribution in [0.15, 0.2) is 12.1 Å². The first kappa shape index (κ1) is 14.7. The molecule has 1 atom stereocenters. The zero-order valence-corrected chi connectivity index (χ0v) is 9.65. The van der Waals surface area contributed by atoms with E-state index in [0.717, 1.165) is 6.07 Å². The first-order valence-corrected chi connectivity index (χ1v) is 5.11. The Morgan fingerprint density at radius 3 is 2.39 bits per heavy atom. The van der Waals surface area contributed by atoms with E-state index in [-0.39, 0.29) is 0 Å². The number of halogens is 5. The molecule has 0 saturated carbocycles. The molecule has 1 unspecified atom stereocenters. The Bertz CT molecular complexity index is 476. The maximum atomic E-state index is 13.6. The Labute approximate surface area is 105 Å². The normalized spacial score (nSPS) is 13.4. The van der Waals surface area contributed by atoms with Gasteiger partial charge in [0.25, 0.3) is 0 Å². The second-order valence-corrected chi connectivity index (χ2v) is 4.00. The topological polar surface area (TPSA) is 69.1 Å². The molecule has 0 radical (unpaired) electrons. The first-order valence-electron chi connectivity index (χ1n) is 4.73. The molecule has 0 heterocycles. The fourth-order valence-electron chi connectivity index (χ4n) is 1.49. The molecule has 0 fully saturated rings. The van der Waals surface area contributed by atoms with Crippen LogP contribution >= 0.6 is 11.6 Å². The molecule has 0 bridgehead atoms. The van der Waals surface area contributed by atoms with E-state index in [4.69, 9.17) is 23.1 Å². The third kappa shape index (κ3) is 3.11. The Balaban J connectivity index is 3.38. The van der Waals surface area contributed by atoms with E-state index in [1.807, 2.05) is 0 Å². The van der Waals surface area contributed by atoms with Crippen molar-refractivity contribution in [3.8, 4) is 0 Å². The van der Waals surface area contributed by atoms with Gasteiger partial charge < -0.3 is 11.5 Å². The van der Waals surface area contributed by atoms with Gasteiger partial charge in [-0.2, -0.15) is 13.2 Å². The predicted octanol–water partition coefficient (Wildman–Crippen LogP) is 2.37. The molecule has 1 rings (SSSR count). The minimum Gasteiger partial charge on any atom is -0.370 e. The second-order valence-electron chi connectivity index (χ2n) is 3.60. The molecule has 0 aromatic heterocycles. The summed E-state index contributed by atoms with van der Waals surface area (Å²) in [5, 5.41) is -0.502. The molecule has 0 spiro atoms. The largest absolute Gasteiger partial charge is 0.416 e. The molecule has 0 aliphatic carbocycles. The van der Waals surface area contributed by atoms with Crippen molar-refractivity contribution in [2.24, 2.45) is 11.5 Å². The number of benzene rings is 1. The highest BCUT2D eigenvalue weighted by atomic mass is 35.5. The van der Waals surface area contributed by atoms with Crippen molar-refractivity contribution < 1.29 is 22.4 Å². The predicted molar refractivity (Wildman–Crippen MR) is 57.2 cm³/mol. The van der Waals surface area contributed by atoms with Crippen LogP contribution in [0.25, 0.3) is 0 Å². The minimum atomic E-state index is -4.80. The Kier molecular flexibility index (Phi) is 4.18. The van der Waals surface area contributed by atoms with E-state index in [9.17, 15) is 22.4 Å². The van der Waals surface area contributed by atoms with Gasteiger partial charge in [-0.1, -0.05) is 11.6 Å². The molecule has 1 amide bonds. The van der Waals surface area contributed by atoms with Crippen molar-refractivity contribution in [1.29, 1.82) is 0 Å². The highest BCUT2D eigenvalue weighted by Crippen LogP contribution is 2.38. The molecule has 0 aliphatic heterocycles. The zero-order chi connectivity index (χ0) is 14.1. The van der Waals surface area contributed by atoms with Crippen molar-refractivity contribution in [3.63, 3.8) is 0 Å². The lowest BCUT2D eigenvalue weighted by Gasteiger charge is -2.18. The van der Waals surface area contributed by atoms with Crippen LogP contribution in [0.5, 0.6) is 0 Å². The number of amides is 1. The van der Waals surface area contributed by atoms with Crippen LogP contribution in [0.4, 0.5) is 17.6 Å². The summed E-state index contributed by atoms with van der Waals surface area (Å²) < 4.78 is 51.7. The highest BCUT2D eigenvalue weighted by molar-refractivity contribution is 6.30. The van der Waals surface area contributed by atoms with Gasteiger partial charge in [0.05, 0.1) is 10.6 Å². The number of hydrogen-bond donors (Lipinski definition) is 2. The van der Waals surface area contributed by atoms with Gasteiger partial charge in [0.2, 0.25) is 5.91 Å². The maximum Gasteiger partial charge on any atom is 0.416 e. The maximum absolute atomic E-state index is 13.6. The van der Waals surface area contributed by atoms with Gasteiger partial charge in [-0.3, -0.25) is 4.79 Å². The Hall–Kier alpha value is -1.34. The van der Waals surface area contributed by atoms with E-state index < -0.39 is 46.5 Å². The summed E-state index contributed by atoms with van der Waals surface area (Å²) in [6.07, 6.45) is -5.41. The smallest absolute Gasteiger partial charge is 0.370 e. The van der Waals surface area contributed by atoms with Crippen LogP contribution < -0.4 is 11.5 Å². The first-order chi connectivity index (χ1) is 8.14. The Morgan fingerprint density at radius 1 is 1.39 bits per heavy atom. The van der Waals surface area contributed by atoms with Gasteiger partial charge in [0, 0.05) is 18.0 Å². The van der Waals surface area contributed by atoms with Crippen LogP contribution in [0, 0.1) is 5.82 Å². The average molecular weight is 285 g/mol. The van der Waals surface area contributed by atoms with E-state index in [2.05, 4.69) is 0 Å². The number of primary amides is 1.